The molecule has 0 radical (unpaired) electrons. The van der Waals surface area contributed by atoms with Crippen molar-refractivity contribution in [3.8, 4) is 12.0 Å². The second-order valence-corrected chi connectivity index (χ2v) is 12.1. The molecule has 1 aromatic rings. The fraction of sp³-hybridized carbons (Fsp3) is 0.222. The van der Waals surface area contributed by atoms with Crippen molar-refractivity contribution in [1.29, 1.82) is 5.26 Å². The van der Waals surface area contributed by atoms with Gasteiger partial charge in [0.25, 0.3) is 6.26 Å². The van der Waals surface area contributed by atoms with Crippen molar-refractivity contribution in [2.75, 3.05) is 0 Å². The smallest absolute Gasteiger partial charge is 0.348 e. The second kappa shape index (κ2) is 5.09. The summed E-state index contributed by atoms with van der Waals surface area (Å²) in [6.07, 6.45) is 1.60. The molecule has 1 aromatic carbocycles. The molecule has 0 aliphatic carbocycles. The molecule has 0 spiro atoms. The zero-order chi connectivity index (χ0) is 11.5. The number of benzene rings is 1. The molecule has 0 amide bonds. The van der Waals surface area contributed by atoms with Gasteiger partial charge in [-0.2, -0.15) is 0 Å². The summed E-state index contributed by atoms with van der Waals surface area (Å²) in [5, 5.41) is 8.37. The van der Waals surface area contributed by atoms with Crippen LogP contribution in [0.4, 0.5) is 0 Å². The standard InChI is InChI=1S/C9H8Cl3NOSi/c1-7(15(10,11)12)8-3-2-4-9(5-8)14-6-13/h2-5,7H,1H3. The van der Waals surface area contributed by atoms with Crippen LogP contribution >= 0.6 is 33.2 Å². The van der Waals surface area contributed by atoms with Crippen molar-refractivity contribution in [2.24, 2.45) is 0 Å². The van der Waals surface area contributed by atoms with Gasteiger partial charge in [0.05, 0.1) is 0 Å². The normalized spacial score (nSPS) is 13.0. The Kier molecular flexibility index (Phi) is 4.29. The molecule has 0 bridgehead atoms. The molecule has 80 valence electrons. The van der Waals surface area contributed by atoms with E-state index in [-0.39, 0.29) is 5.54 Å². The van der Waals surface area contributed by atoms with Gasteiger partial charge in [-0.3, -0.25) is 0 Å². The topological polar surface area (TPSA) is 33.0 Å². The molecule has 2 nitrogen and oxygen atoms in total. The maximum atomic E-state index is 8.37. The van der Waals surface area contributed by atoms with Gasteiger partial charge in [0, 0.05) is 5.54 Å². The Morgan fingerprint density at radius 2 is 2.07 bits per heavy atom. The average molecular weight is 281 g/mol. The predicted octanol–water partition coefficient (Wildman–Crippen LogP) is 3.84. The molecule has 0 heterocycles. The first-order valence-electron chi connectivity index (χ1n) is 4.17. The summed E-state index contributed by atoms with van der Waals surface area (Å²) in [5.74, 6) is 0.463. The Bertz CT molecular complexity index is 386. The zero-order valence-electron chi connectivity index (χ0n) is 7.88. The summed E-state index contributed by atoms with van der Waals surface area (Å²) in [7, 11) is 0. The van der Waals surface area contributed by atoms with Crippen molar-refractivity contribution in [3.63, 3.8) is 0 Å². The molecule has 1 unspecified atom stereocenters. The lowest BCUT2D eigenvalue weighted by atomic mass is 10.1. The SMILES string of the molecule is CC(c1cccc(OC#N)c1)[Si](Cl)(Cl)Cl. The van der Waals surface area contributed by atoms with Crippen molar-refractivity contribution < 1.29 is 4.74 Å². The summed E-state index contributed by atoms with van der Waals surface area (Å²) in [6.45, 7) is 1.85. The minimum Gasteiger partial charge on any atom is -0.388 e. The third-order valence-corrected chi connectivity index (χ3v) is 6.27. The summed E-state index contributed by atoms with van der Waals surface area (Å²) < 4.78 is 4.70. The van der Waals surface area contributed by atoms with E-state index in [1.165, 1.54) is 0 Å². The summed E-state index contributed by atoms with van der Waals surface area (Å²) >= 11 is 17.7. The minimum absolute atomic E-state index is 0.134. The van der Waals surface area contributed by atoms with Gasteiger partial charge < -0.3 is 4.74 Å². The first kappa shape index (κ1) is 12.7. The van der Waals surface area contributed by atoms with Crippen LogP contribution < -0.4 is 4.74 Å². The molecule has 0 saturated carbocycles. The van der Waals surface area contributed by atoms with E-state index in [1.807, 2.05) is 13.0 Å². The Balaban J connectivity index is 2.96. The van der Waals surface area contributed by atoms with E-state index < -0.39 is 6.00 Å². The van der Waals surface area contributed by atoms with E-state index in [9.17, 15) is 0 Å². The molecular formula is C9H8Cl3NOSi. The van der Waals surface area contributed by atoms with Gasteiger partial charge in [0.2, 0.25) is 0 Å². The quantitative estimate of drug-likeness (QED) is 0.479. The van der Waals surface area contributed by atoms with Crippen LogP contribution in [0.3, 0.4) is 0 Å². The lowest BCUT2D eigenvalue weighted by molar-refractivity contribution is 0.506. The van der Waals surface area contributed by atoms with Gasteiger partial charge in [-0.05, 0) is 17.7 Å². The van der Waals surface area contributed by atoms with Crippen LogP contribution in [0.1, 0.15) is 18.0 Å². The van der Waals surface area contributed by atoms with Crippen molar-refractivity contribution in [3.05, 3.63) is 29.8 Å². The third-order valence-electron chi connectivity index (χ3n) is 2.01. The zero-order valence-corrected chi connectivity index (χ0v) is 11.1. The highest BCUT2D eigenvalue weighted by molar-refractivity contribution is 7.65. The Morgan fingerprint density at radius 3 is 2.60 bits per heavy atom. The molecule has 1 rings (SSSR count). The molecule has 0 fully saturated rings. The van der Waals surface area contributed by atoms with Crippen LogP contribution in [-0.4, -0.2) is 6.00 Å². The predicted molar refractivity (Wildman–Crippen MR) is 64.4 cm³/mol. The highest BCUT2D eigenvalue weighted by Gasteiger charge is 2.34. The van der Waals surface area contributed by atoms with E-state index in [2.05, 4.69) is 0 Å². The van der Waals surface area contributed by atoms with Crippen LogP contribution in [0.2, 0.25) is 0 Å². The number of ether oxygens (including phenoxy) is 1. The average Bonchev–Trinajstić information content (AvgIpc) is 2.16. The van der Waals surface area contributed by atoms with Gasteiger partial charge in [-0.25, -0.2) is 0 Å². The van der Waals surface area contributed by atoms with Crippen molar-refractivity contribution in [1.82, 2.24) is 0 Å². The highest BCUT2D eigenvalue weighted by Crippen LogP contribution is 2.37. The minimum atomic E-state index is -2.77. The lowest BCUT2D eigenvalue weighted by Gasteiger charge is -2.17. The number of halogens is 3. The first-order chi connectivity index (χ1) is 6.95. The van der Waals surface area contributed by atoms with E-state index >= 15 is 0 Å². The van der Waals surface area contributed by atoms with Crippen LogP contribution in [0.5, 0.6) is 5.75 Å². The van der Waals surface area contributed by atoms with E-state index in [0.29, 0.717) is 5.75 Å². The third kappa shape index (κ3) is 3.58. The van der Waals surface area contributed by atoms with E-state index in [4.69, 9.17) is 43.2 Å². The number of nitriles is 1. The Hall–Kier alpha value is -0.403. The van der Waals surface area contributed by atoms with Gasteiger partial charge in [-0.1, -0.05) is 19.1 Å². The number of hydrogen-bond acceptors (Lipinski definition) is 2. The molecule has 0 aliphatic heterocycles. The van der Waals surface area contributed by atoms with E-state index in [1.54, 1.807) is 24.5 Å². The maximum Gasteiger partial charge on any atom is 0.348 e. The molecule has 6 heteroatoms. The van der Waals surface area contributed by atoms with Gasteiger partial charge in [0.1, 0.15) is 5.75 Å². The van der Waals surface area contributed by atoms with Gasteiger partial charge in [0.15, 0.2) is 0 Å². The fourth-order valence-corrected chi connectivity index (χ4v) is 2.78. The summed E-state index contributed by atoms with van der Waals surface area (Å²) in [4.78, 5) is 0. The van der Waals surface area contributed by atoms with Gasteiger partial charge in [-0.15, -0.1) is 38.5 Å². The number of nitrogens with zero attached hydrogens (tertiary/aromatic N) is 1. The number of rotatable bonds is 3. The van der Waals surface area contributed by atoms with Crippen LogP contribution in [-0.2, 0) is 0 Å². The lowest BCUT2D eigenvalue weighted by Crippen LogP contribution is -2.20. The van der Waals surface area contributed by atoms with Crippen molar-refractivity contribution in [2.45, 2.75) is 12.5 Å². The van der Waals surface area contributed by atoms with Crippen molar-refractivity contribution >= 4 is 39.2 Å². The first-order valence-corrected chi connectivity index (χ1v) is 9.29. The molecule has 0 N–H and O–H groups in total. The fourth-order valence-electron chi connectivity index (χ4n) is 1.09. The molecule has 1 atom stereocenters. The Labute approximate surface area is 103 Å². The summed E-state index contributed by atoms with van der Waals surface area (Å²) in [5.41, 5.74) is 0.735. The van der Waals surface area contributed by atoms with Crippen LogP contribution in [0.25, 0.3) is 0 Å². The summed E-state index contributed by atoms with van der Waals surface area (Å²) in [6, 6.07) is 4.24. The highest BCUT2D eigenvalue weighted by atomic mass is 35.8. The monoisotopic (exact) mass is 279 g/mol. The molecular weight excluding hydrogens is 273 g/mol. The maximum absolute atomic E-state index is 8.37. The molecule has 0 aliphatic rings. The largest absolute Gasteiger partial charge is 0.388 e. The van der Waals surface area contributed by atoms with Crippen LogP contribution in [0.15, 0.2) is 24.3 Å². The second-order valence-electron chi connectivity index (χ2n) is 3.03. The van der Waals surface area contributed by atoms with Gasteiger partial charge >= 0.3 is 6.00 Å². The Morgan fingerprint density at radius 1 is 1.40 bits per heavy atom. The number of hydrogen-bond donors (Lipinski definition) is 0. The molecule has 0 aromatic heterocycles. The molecule has 15 heavy (non-hydrogen) atoms. The molecule has 0 saturated heterocycles. The van der Waals surface area contributed by atoms with E-state index in [0.717, 1.165) is 5.56 Å². The van der Waals surface area contributed by atoms with Crippen LogP contribution in [0, 0.1) is 11.5 Å².